The van der Waals surface area contributed by atoms with E-state index >= 15 is 0 Å². The fourth-order valence-corrected chi connectivity index (χ4v) is 2.24. The fourth-order valence-electron chi connectivity index (χ4n) is 2.24. The standard InChI is InChI=1S/C15H21N5O3/c1-9(2)12(16)6-7-19(3)15(21)14-11-8-10(20(22)23)4-5-13(11)17-18-14/h4-5,8-9,12H,6-7,16H2,1-3H3,(H,17,18). The maximum atomic E-state index is 12.5. The van der Waals surface area contributed by atoms with Gasteiger partial charge in [-0.2, -0.15) is 5.10 Å². The lowest BCUT2D eigenvalue weighted by molar-refractivity contribution is -0.384. The average Bonchev–Trinajstić information content (AvgIpc) is 2.94. The Labute approximate surface area is 133 Å². The molecule has 0 spiro atoms. The molecule has 0 fully saturated rings. The van der Waals surface area contributed by atoms with Crippen LogP contribution in [0.4, 0.5) is 5.69 Å². The number of fused-ring (bicyclic) bond motifs is 1. The topological polar surface area (TPSA) is 118 Å². The van der Waals surface area contributed by atoms with Crippen LogP contribution in [0, 0.1) is 16.0 Å². The number of nitrogens with zero attached hydrogens (tertiary/aromatic N) is 3. The Morgan fingerprint density at radius 3 is 2.78 bits per heavy atom. The first-order valence-corrected chi connectivity index (χ1v) is 7.44. The van der Waals surface area contributed by atoms with Crippen molar-refractivity contribution in [2.75, 3.05) is 13.6 Å². The molecule has 1 aromatic heterocycles. The number of nitrogens with one attached hydrogen (secondary N) is 1. The van der Waals surface area contributed by atoms with Gasteiger partial charge in [0.25, 0.3) is 11.6 Å². The third-order valence-electron chi connectivity index (χ3n) is 3.96. The molecule has 1 heterocycles. The van der Waals surface area contributed by atoms with Crippen molar-refractivity contribution in [2.45, 2.75) is 26.3 Å². The number of carbonyl (C=O) groups is 1. The van der Waals surface area contributed by atoms with Crippen molar-refractivity contribution in [1.82, 2.24) is 15.1 Å². The molecule has 3 N–H and O–H groups in total. The molecule has 1 amide bonds. The summed E-state index contributed by atoms with van der Waals surface area (Å²) >= 11 is 0. The number of aromatic amines is 1. The van der Waals surface area contributed by atoms with Gasteiger partial charge >= 0.3 is 0 Å². The molecule has 0 aliphatic heterocycles. The second-order valence-corrected chi connectivity index (χ2v) is 5.98. The van der Waals surface area contributed by atoms with Crippen LogP contribution in [0.5, 0.6) is 0 Å². The van der Waals surface area contributed by atoms with Crippen LogP contribution >= 0.6 is 0 Å². The number of H-pyrrole nitrogens is 1. The van der Waals surface area contributed by atoms with Crippen LogP contribution < -0.4 is 5.73 Å². The van der Waals surface area contributed by atoms with Crippen LogP contribution in [0.3, 0.4) is 0 Å². The van der Waals surface area contributed by atoms with Gasteiger partial charge < -0.3 is 10.6 Å². The minimum atomic E-state index is -0.494. The van der Waals surface area contributed by atoms with E-state index in [-0.39, 0.29) is 23.3 Å². The van der Waals surface area contributed by atoms with E-state index in [9.17, 15) is 14.9 Å². The molecule has 0 aliphatic carbocycles. The van der Waals surface area contributed by atoms with Gasteiger partial charge in [-0.05, 0) is 18.4 Å². The normalized spacial score (nSPS) is 12.6. The molecule has 0 saturated carbocycles. The average molecular weight is 319 g/mol. The Hall–Kier alpha value is -2.48. The largest absolute Gasteiger partial charge is 0.340 e. The Bertz CT molecular complexity index is 725. The summed E-state index contributed by atoms with van der Waals surface area (Å²) in [5, 5.41) is 18.1. The molecule has 0 aliphatic rings. The van der Waals surface area contributed by atoms with E-state index < -0.39 is 4.92 Å². The molecule has 2 aromatic rings. The molecule has 1 unspecified atom stereocenters. The number of aromatic nitrogens is 2. The highest BCUT2D eigenvalue weighted by Crippen LogP contribution is 2.23. The number of rotatable bonds is 6. The van der Waals surface area contributed by atoms with E-state index in [1.54, 1.807) is 13.1 Å². The Kier molecular flexibility index (Phi) is 4.95. The van der Waals surface area contributed by atoms with Crippen LogP contribution in [0.15, 0.2) is 18.2 Å². The highest BCUT2D eigenvalue weighted by atomic mass is 16.6. The summed E-state index contributed by atoms with van der Waals surface area (Å²) in [6.45, 7) is 4.57. The van der Waals surface area contributed by atoms with E-state index in [4.69, 9.17) is 5.73 Å². The van der Waals surface area contributed by atoms with E-state index in [0.717, 1.165) is 0 Å². The third-order valence-corrected chi connectivity index (χ3v) is 3.96. The van der Waals surface area contributed by atoms with Crippen LogP contribution in [0.1, 0.15) is 30.8 Å². The number of non-ortho nitro benzene ring substituents is 1. The van der Waals surface area contributed by atoms with Gasteiger partial charge in [-0.15, -0.1) is 0 Å². The van der Waals surface area contributed by atoms with Crippen LogP contribution in [0.25, 0.3) is 10.9 Å². The summed E-state index contributed by atoms with van der Waals surface area (Å²) < 4.78 is 0. The van der Waals surface area contributed by atoms with Gasteiger partial charge in [-0.3, -0.25) is 20.0 Å². The zero-order valence-electron chi connectivity index (χ0n) is 13.4. The first kappa shape index (κ1) is 16.9. The Balaban J connectivity index is 2.20. The summed E-state index contributed by atoms with van der Waals surface area (Å²) in [5.74, 6) is 0.0556. The lowest BCUT2D eigenvalue weighted by Crippen LogP contribution is -2.34. The summed E-state index contributed by atoms with van der Waals surface area (Å²) in [6.07, 6.45) is 0.683. The second kappa shape index (κ2) is 6.74. The van der Waals surface area contributed by atoms with Crippen molar-refractivity contribution in [3.63, 3.8) is 0 Å². The van der Waals surface area contributed by atoms with E-state index in [1.807, 2.05) is 13.8 Å². The monoisotopic (exact) mass is 319 g/mol. The summed E-state index contributed by atoms with van der Waals surface area (Å²) in [5.41, 5.74) is 6.69. The highest BCUT2D eigenvalue weighted by molar-refractivity contribution is 6.05. The molecule has 23 heavy (non-hydrogen) atoms. The van der Waals surface area contributed by atoms with Gasteiger partial charge in [0, 0.05) is 37.2 Å². The Morgan fingerprint density at radius 2 is 2.17 bits per heavy atom. The van der Waals surface area contributed by atoms with Gasteiger partial charge in [0.1, 0.15) is 0 Å². The minimum Gasteiger partial charge on any atom is -0.340 e. The van der Waals surface area contributed by atoms with E-state index in [2.05, 4.69) is 10.2 Å². The number of nitrogens with two attached hydrogens (primary N) is 1. The van der Waals surface area contributed by atoms with Crippen molar-refractivity contribution < 1.29 is 9.72 Å². The molecule has 2 rings (SSSR count). The van der Waals surface area contributed by atoms with Crippen LogP contribution in [-0.2, 0) is 0 Å². The fraction of sp³-hybridized carbons (Fsp3) is 0.467. The van der Waals surface area contributed by atoms with Gasteiger partial charge in [0.2, 0.25) is 0 Å². The number of nitro groups is 1. The first-order chi connectivity index (χ1) is 10.8. The van der Waals surface area contributed by atoms with Crippen molar-refractivity contribution in [3.8, 4) is 0 Å². The Morgan fingerprint density at radius 1 is 1.48 bits per heavy atom. The first-order valence-electron chi connectivity index (χ1n) is 7.44. The number of amides is 1. The SMILES string of the molecule is CC(C)C(N)CCN(C)C(=O)c1n[nH]c2ccc([N+](=O)[O-])cc12. The minimum absolute atomic E-state index is 0.0160. The molecule has 0 radical (unpaired) electrons. The summed E-state index contributed by atoms with van der Waals surface area (Å²) in [7, 11) is 1.67. The van der Waals surface area contributed by atoms with Gasteiger partial charge in [0.05, 0.1) is 10.4 Å². The van der Waals surface area contributed by atoms with Gasteiger partial charge in [0.15, 0.2) is 5.69 Å². The molecule has 1 aromatic carbocycles. The molecule has 0 bridgehead atoms. The zero-order chi connectivity index (χ0) is 17.1. The number of hydrogen-bond donors (Lipinski definition) is 2. The molecule has 124 valence electrons. The molecule has 8 heteroatoms. The predicted octanol–water partition coefficient (Wildman–Crippen LogP) is 1.92. The van der Waals surface area contributed by atoms with Crippen molar-refractivity contribution in [3.05, 3.63) is 34.0 Å². The summed E-state index contributed by atoms with van der Waals surface area (Å²) in [4.78, 5) is 24.4. The second-order valence-electron chi connectivity index (χ2n) is 5.98. The number of nitro benzene ring substituents is 1. The zero-order valence-corrected chi connectivity index (χ0v) is 13.4. The molecular formula is C15H21N5O3. The number of carbonyl (C=O) groups excluding carboxylic acids is 1. The molecular weight excluding hydrogens is 298 g/mol. The van der Waals surface area contributed by atoms with E-state index in [1.165, 1.54) is 17.0 Å². The van der Waals surface area contributed by atoms with Crippen LogP contribution in [0.2, 0.25) is 0 Å². The number of benzene rings is 1. The maximum Gasteiger partial charge on any atom is 0.274 e. The van der Waals surface area contributed by atoms with Gasteiger partial charge in [-0.25, -0.2) is 0 Å². The number of hydrogen-bond acceptors (Lipinski definition) is 5. The smallest absolute Gasteiger partial charge is 0.274 e. The van der Waals surface area contributed by atoms with Crippen molar-refractivity contribution in [1.29, 1.82) is 0 Å². The molecule has 1 atom stereocenters. The van der Waals surface area contributed by atoms with Crippen molar-refractivity contribution in [2.24, 2.45) is 11.7 Å². The predicted molar refractivity (Wildman–Crippen MR) is 87.1 cm³/mol. The molecule has 0 saturated heterocycles. The van der Waals surface area contributed by atoms with E-state index in [0.29, 0.717) is 29.8 Å². The van der Waals surface area contributed by atoms with Crippen molar-refractivity contribution >= 4 is 22.5 Å². The van der Waals surface area contributed by atoms with Crippen LogP contribution in [-0.4, -0.2) is 45.6 Å². The lowest BCUT2D eigenvalue weighted by Gasteiger charge is -2.21. The lowest BCUT2D eigenvalue weighted by atomic mass is 10.0. The van der Waals surface area contributed by atoms with Gasteiger partial charge in [-0.1, -0.05) is 13.8 Å². The highest BCUT2D eigenvalue weighted by Gasteiger charge is 2.21. The summed E-state index contributed by atoms with van der Waals surface area (Å²) in [6, 6.07) is 4.30. The maximum absolute atomic E-state index is 12.5. The third kappa shape index (κ3) is 3.65. The quantitative estimate of drug-likeness (QED) is 0.623. The molecule has 8 nitrogen and oxygen atoms in total.